The van der Waals surface area contributed by atoms with Crippen molar-refractivity contribution in [2.24, 2.45) is 5.92 Å². The van der Waals surface area contributed by atoms with Crippen molar-refractivity contribution < 1.29 is 19.4 Å². The largest absolute Gasteiger partial charge is 0.481 e. The highest BCUT2D eigenvalue weighted by Crippen LogP contribution is 2.41. The van der Waals surface area contributed by atoms with E-state index < -0.39 is 17.9 Å². The minimum atomic E-state index is -0.847. The number of fused-ring (bicyclic) bond motifs is 1. The molecular weight excluding hydrogens is 314 g/mol. The van der Waals surface area contributed by atoms with Crippen LogP contribution < -0.4 is 0 Å². The first-order valence-electron chi connectivity index (χ1n) is 7.61. The Morgan fingerprint density at radius 2 is 2.22 bits per heavy atom. The van der Waals surface area contributed by atoms with Gasteiger partial charge in [0.05, 0.1) is 18.6 Å². The summed E-state index contributed by atoms with van der Waals surface area (Å²) in [6, 6.07) is 7.49. The van der Waals surface area contributed by atoms with Gasteiger partial charge < -0.3 is 14.7 Å². The normalized spacial score (nSPS) is 21.8. The number of thiophene rings is 1. The second kappa shape index (κ2) is 6.68. The molecule has 1 aromatic carbocycles. The van der Waals surface area contributed by atoms with Crippen molar-refractivity contribution in [3.05, 3.63) is 35.2 Å². The van der Waals surface area contributed by atoms with Crippen molar-refractivity contribution in [3.63, 3.8) is 0 Å². The Hall–Kier alpha value is -1.92. The molecule has 1 N–H and O–H groups in total. The highest BCUT2D eigenvalue weighted by atomic mass is 32.1. The average molecular weight is 333 g/mol. The van der Waals surface area contributed by atoms with Crippen LogP contribution in [0.25, 0.3) is 10.1 Å². The molecule has 1 fully saturated rings. The number of aliphatic carboxylic acids is 1. The molecule has 2 atom stereocenters. The lowest BCUT2D eigenvalue weighted by atomic mass is 9.84. The van der Waals surface area contributed by atoms with Crippen LogP contribution in [0.2, 0.25) is 0 Å². The Balaban J connectivity index is 2.07. The number of carbonyl (C=O) groups is 2. The zero-order valence-corrected chi connectivity index (χ0v) is 13.7. The molecule has 0 saturated carbocycles. The summed E-state index contributed by atoms with van der Waals surface area (Å²) in [5.41, 5.74) is 0.933. The molecule has 3 rings (SSSR count). The number of nitrogens with zero attached hydrogens (tertiary/aromatic N) is 1. The average Bonchev–Trinajstić information content (AvgIpc) is 2.97. The number of hydrogen-bond acceptors (Lipinski definition) is 4. The lowest BCUT2D eigenvalue weighted by Crippen LogP contribution is -2.46. The monoisotopic (exact) mass is 333 g/mol. The van der Waals surface area contributed by atoms with Gasteiger partial charge in [-0.1, -0.05) is 18.2 Å². The standard InChI is InChI=1S/C17H19NO4S/c1-22-9-8-18-15(19)7-6-12(17(20)21)16(18)13-10-23-14-5-3-2-4-11(13)14/h2-5,10,12,16H,6-9H2,1H3,(H,20,21)/t12-,16+/m1/s1. The molecule has 2 aromatic rings. The van der Waals surface area contributed by atoms with Crippen LogP contribution >= 0.6 is 11.3 Å². The fourth-order valence-corrected chi connectivity index (χ4v) is 4.27. The molecule has 6 heteroatoms. The molecular formula is C17H19NO4S. The summed E-state index contributed by atoms with van der Waals surface area (Å²) in [5, 5.41) is 12.7. The van der Waals surface area contributed by atoms with Gasteiger partial charge in [0.1, 0.15) is 0 Å². The number of piperidine rings is 1. The van der Waals surface area contributed by atoms with Crippen LogP contribution in [-0.4, -0.2) is 42.1 Å². The summed E-state index contributed by atoms with van der Waals surface area (Å²) in [4.78, 5) is 25.8. The van der Waals surface area contributed by atoms with Gasteiger partial charge in [0.25, 0.3) is 0 Å². The molecule has 1 aromatic heterocycles. The molecule has 0 aliphatic carbocycles. The molecule has 122 valence electrons. The lowest BCUT2D eigenvalue weighted by Gasteiger charge is -2.39. The van der Waals surface area contributed by atoms with E-state index in [9.17, 15) is 14.7 Å². The molecule has 1 aliphatic heterocycles. The zero-order valence-electron chi connectivity index (χ0n) is 12.9. The van der Waals surface area contributed by atoms with E-state index in [-0.39, 0.29) is 12.3 Å². The maximum Gasteiger partial charge on any atom is 0.308 e. The third-order valence-corrected chi connectivity index (χ3v) is 5.37. The molecule has 0 unspecified atom stereocenters. The van der Waals surface area contributed by atoms with Crippen LogP contribution in [0.4, 0.5) is 0 Å². The Bertz CT molecular complexity index is 726. The summed E-state index contributed by atoms with van der Waals surface area (Å²) in [6.45, 7) is 0.810. The first-order chi connectivity index (χ1) is 11.1. The highest BCUT2D eigenvalue weighted by Gasteiger charge is 2.41. The van der Waals surface area contributed by atoms with Gasteiger partial charge in [-0.05, 0) is 28.8 Å². The van der Waals surface area contributed by atoms with Gasteiger partial charge in [0.15, 0.2) is 0 Å². The summed E-state index contributed by atoms with van der Waals surface area (Å²) >= 11 is 1.59. The molecule has 2 heterocycles. The lowest BCUT2D eigenvalue weighted by molar-refractivity contribution is -0.152. The topological polar surface area (TPSA) is 66.8 Å². The highest BCUT2D eigenvalue weighted by molar-refractivity contribution is 7.17. The second-order valence-corrected chi connectivity index (χ2v) is 6.61. The number of likely N-dealkylation sites (tertiary alicyclic amines) is 1. The van der Waals surface area contributed by atoms with E-state index in [1.54, 1.807) is 23.3 Å². The summed E-state index contributed by atoms with van der Waals surface area (Å²) in [5.74, 6) is -1.43. The SMILES string of the molecule is COCCN1C(=O)CC[C@@H](C(=O)O)[C@H]1c1csc2ccccc12. The predicted molar refractivity (Wildman–Crippen MR) is 88.5 cm³/mol. The maximum absolute atomic E-state index is 12.4. The summed E-state index contributed by atoms with van der Waals surface area (Å²) in [6.07, 6.45) is 0.658. The third-order valence-electron chi connectivity index (χ3n) is 4.39. The first-order valence-corrected chi connectivity index (χ1v) is 8.48. The number of amides is 1. The van der Waals surface area contributed by atoms with E-state index in [2.05, 4.69) is 0 Å². The third kappa shape index (κ3) is 2.96. The molecule has 0 radical (unpaired) electrons. The van der Waals surface area contributed by atoms with Gasteiger partial charge in [-0.2, -0.15) is 0 Å². The number of methoxy groups -OCH3 is 1. The minimum Gasteiger partial charge on any atom is -0.481 e. The van der Waals surface area contributed by atoms with E-state index in [1.807, 2.05) is 29.6 Å². The van der Waals surface area contributed by atoms with Crippen LogP contribution in [-0.2, 0) is 14.3 Å². The Kier molecular flexibility index (Phi) is 4.63. The molecule has 1 aliphatic rings. The fourth-order valence-electron chi connectivity index (χ4n) is 3.28. The zero-order chi connectivity index (χ0) is 16.4. The van der Waals surface area contributed by atoms with E-state index in [1.165, 1.54) is 0 Å². The number of carboxylic acid groups (broad SMARTS) is 1. The number of benzene rings is 1. The Morgan fingerprint density at radius 1 is 1.43 bits per heavy atom. The van der Waals surface area contributed by atoms with Gasteiger partial charge in [-0.25, -0.2) is 0 Å². The molecule has 1 saturated heterocycles. The molecule has 0 bridgehead atoms. The first kappa shape index (κ1) is 16.0. The number of rotatable bonds is 5. The number of ether oxygens (including phenoxy) is 1. The van der Waals surface area contributed by atoms with E-state index in [0.717, 1.165) is 15.6 Å². The van der Waals surface area contributed by atoms with Crippen LogP contribution in [0.15, 0.2) is 29.6 Å². The number of carboxylic acids is 1. The quantitative estimate of drug-likeness (QED) is 0.913. The summed E-state index contributed by atoms with van der Waals surface area (Å²) < 4.78 is 6.21. The van der Waals surface area contributed by atoms with Crippen molar-refractivity contribution in [3.8, 4) is 0 Å². The van der Waals surface area contributed by atoms with E-state index in [0.29, 0.717) is 19.6 Å². The van der Waals surface area contributed by atoms with Crippen molar-refractivity contribution in [2.75, 3.05) is 20.3 Å². The minimum absolute atomic E-state index is 0.000156. The van der Waals surface area contributed by atoms with E-state index in [4.69, 9.17) is 4.74 Å². The number of hydrogen-bond donors (Lipinski definition) is 1. The Labute approximate surface area is 138 Å². The Morgan fingerprint density at radius 3 is 2.96 bits per heavy atom. The molecule has 23 heavy (non-hydrogen) atoms. The van der Waals surface area contributed by atoms with Crippen LogP contribution in [0, 0.1) is 5.92 Å². The van der Waals surface area contributed by atoms with Crippen LogP contribution in [0.3, 0.4) is 0 Å². The summed E-state index contributed by atoms with van der Waals surface area (Å²) in [7, 11) is 1.58. The van der Waals surface area contributed by atoms with Crippen molar-refractivity contribution in [1.29, 1.82) is 0 Å². The fraction of sp³-hybridized carbons (Fsp3) is 0.412. The second-order valence-electron chi connectivity index (χ2n) is 5.70. The predicted octanol–water partition coefficient (Wildman–Crippen LogP) is 2.91. The van der Waals surface area contributed by atoms with Crippen LogP contribution in [0.1, 0.15) is 24.4 Å². The molecule has 0 spiro atoms. The van der Waals surface area contributed by atoms with E-state index >= 15 is 0 Å². The molecule has 5 nitrogen and oxygen atoms in total. The number of carbonyl (C=O) groups excluding carboxylic acids is 1. The smallest absolute Gasteiger partial charge is 0.308 e. The maximum atomic E-state index is 12.4. The van der Waals surface area contributed by atoms with Gasteiger partial charge in [-0.3, -0.25) is 9.59 Å². The molecule has 1 amide bonds. The van der Waals surface area contributed by atoms with Gasteiger partial charge in [-0.15, -0.1) is 11.3 Å². The van der Waals surface area contributed by atoms with Crippen LogP contribution in [0.5, 0.6) is 0 Å². The van der Waals surface area contributed by atoms with Gasteiger partial charge >= 0.3 is 5.97 Å². The van der Waals surface area contributed by atoms with Crippen molar-refractivity contribution in [1.82, 2.24) is 4.90 Å². The van der Waals surface area contributed by atoms with Gasteiger partial charge in [0, 0.05) is 24.8 Å². The van der Waals surface area contributed by atoms with Gasteiger partial charge in [0.2, 0.25) is 5.91 Å². The van der Waals surface area contributed by atoms with Crippen molar-refractivity contribution in [2.45, 2.75) is 18.9 Å². The van der Waals surface area contributed by atoms with Crippen molar-refractivity contribution >= 4 is 33.3 Å².